The second kappa shape index (κ2) is 8.53. The SMILES string of the molecule is C=CC1(c2nnc(-c3ncccc3NC3CCC(C(F)(F)F)CC3)o2)CCN(CO)C1=O. The Kier molecular flexibility index (Phi) is 5.93. The minimum atomic E-state index is -4.16. The number of amides is 1. The van der Waals surface area contributed by atoms with Crippen LogP contribution in [-0.2, 0) is 10.2 Å². The summed E-state index contributed by atoms with van der Waals surface area (Å²) in [5.41, 5.74) is -0.291. The third-order valence-corrected chi connectivity index (χ3v) is 6.33. The molecular weight excluding hydrogens is 427 g/mol. The average Bonchev–Trinajstić information content (AvgIpc) is 3.39. The molecule has 11 heteroatoms. The van der Waals surface area contributed by atoms with E-state index in [-0.39, 0.29) is 36.6 Å². The number of nitrogens with zero attached hydrogens (tertiary/aromatic N) is 4. The number of anilines is 1. The lowest BCUT2D eigenvalue weighted by molar-refractivity contribution is -0.182. The molecule has 2 aromatic heterocycles. The van der Waals surface area contributed by atoms with Crippen LogP contribution < -0.4 is 5.32 Å². The Balaban J connectivity index is 1.54. The van der Waals surface area contributed by atoms with E-state index in [2.05, 4.69) is 27.1 Å². The van der Waals surface area contributed by atoms with Gasteiger partial charge in [-0.1, -0.05) is 6.08 Å². The molecule has 0 spiro atoms. The van der Waals surface area contributed by atoms with Gasteiger partial charge in [0.05, 0.1) is 11.6 Å². The first kappa shape index (κ1) is 22.3. The summed E-state index contributed by atoms with van der Waals surface area (Å²) >= 11 is 0. The van der Waals surface area contributed by atoms with Crippen molar-refractivity contribution in [1.82, 2.24) is 20.1 Å². The summed E-state index contributed by atoms with van der Waals surface area (Å²) in [5, 5.41) is 20.7. The quantitative estimate of drug-likeness (QED) is 0.650. The zero-order chi connectivity index (χ0) is 22.9. The Labute approximate surface area is 182 Å². The molecule has 2 aliphatic rings. The van der Waals surface area contributed by atoms with Crippen molar-refractivity contribution in [2.45, 2.75) is 49.7 Å². The number of aliphatic hydroxyl groups excluding tert-OH is 1. The number of hydrogen-bond acceptors (Lipinski definition) is 7. The second-order valence-electron chi connectivity index (χ2n) is 8.18. The van der Waals surface area contributed by atoms with Gasteiger partial charge in [0.2, 0.25) is 11.8 Å². The minimum Gasteiger partial charge on any atom is -0.418 e. The van der Waals surface area contributed by atoms with Crippen LogP contribution in [0.2, 0.25) is 0 Å². The standard InChI is InChI=1S/C21H24F3N5O3/c1-2-20(9-11-29(12-30)19(20)31)18-28-27-17(32-18)16-15(4-3-10-25-16)26-14-7-5-13(6-8-14)21(22,23)24/h2-4,10,13-14,26,30H,1,5-9,11-12H2. The van der Waals surface area contributed by atoms with Gasteiger partial charge < -0.3 is 19.7 Å². The lowest BCUT2D eigenvalue weighted by Crippen LogP contribution is -2.37. The summed E-state index contributed by atoms with van der Waals surface area (Å²) in [6.07, 6.45) is 0.0978. The van der Waals surface area contributed by atoms with Crippen molar-refractivity contribution < 1.29 is 27.5 Å². The van der Waals surface area contributed by atoms with Gasteiger partial charge in [0.1, 0.15) is 12.1 Å². The van der Waals surface area contributed by atoms with Crippen LogP contribution in [0.5, 0.6) is 0 Å². The molecule has 2 N–H and O–H groups in total. The number of carbonyl (C=O) groups excluding carboxylic acids is 1. The summed E-state index contributed by atoms with van der Waals surface area (Å²) in [5.74, 6) is -1.48. The van der Waals surface area contributed by atoms with Gasteiger partial charge in [-0.3, -0.25) is 4.79 Å². The lowest BCUT2D eigenvalue weighted by Gasteiger charge is -2.31. The topological polar surface area (TPSA) is 104 Å². The second-order valence-corrected chi connectivity index (χ2v) is 8.18. The van der Waals surface area contributed by atoms with Crippen LogP contribution in [0.25, 0.3) is 11.6 Å². The molecular formula is C21H24F3N5O3. The van der Waals surface area contributed by atoms with Crippen LogP contribution in [0.15, 0.2) is 35.4 Å². The van der Waals surface area contributed by atoms with Crippen molar-refractivity contribution in [3.05, 3.63) is 36.9 Å². The van der Waals surface area contributed by atoms with Gasteiger partial charge in [0.15, 0.2) is 5.69 Å². The highest BCUT2D eigenvalue weighted by atomic mass is 19.4. The average molecular weight is 451 g/mol. The van der Waals surface area contributed by atoms with Crippen LogP contribution in [0.4, 0.5) is 18.9 Å². The molecule has 3 heterocycles. The largest absolute Gasteiger partial charge is 0.418 e. The molecule has 0 aromatic carbocycles. The lowest BCUT2D eigenvalue weighted by atomic mass is 9.85. The van der Waals surface area contributed by atoms with Crippen LogP contribution >= 0.6 is 0 Å². The summed E-state index contributed by atoms with van der Waals surface area (Å²) in [6.45, 7) is 3.66. The first-order valence-corrected chi connectivity index (χ1v) is 10.4. The van der Waals surface area contributed by atoms with E-state index in [4.69, 9.17) is 4.42 Å². The van der Waals surface area contributed by atoms with Crippen molar-refractivity contribution in [3.8, 4) is 11.6 Å². The summed E-state index contributed by atoms with van der Waals surface area (Å²) < 4.78 is 44.6. The number of aromatic nitrogens is 3. The molecule has 2 aromatic rings. The third-order valence-electron chi connectivity index (χ3n) is 6.33. The van der Waals surface area contributed by atoms with Crippen molar-refractivity contribution in [3.63, 3.8) is 0 Å². The van der Waals surface area contributed by atoms with Crippen LogP contribution in [-0.4, -0.2) is 56.6 Å². The van der Waals surface area contributed by atoms with Gasteiger partial charge >= 0.3 is 6.18 Å². The number of nitrogens with one attached hydrogen (secondary N) is 1. The van der Waals surface area contributed by atoms with Crippen molar-refractivity contribution in [2.75, 3.05) is 18.6 Å². The molecule has 1 saturated heterocycles. The number of rotatable bonds is 6. The fourth-order valence-corrected chi connectivity index (χ4v) is 4.39. The molecule has 1 unspecified atom stereocenters. The Morgan fingerprint density at radius 2 is 2.06 bits per heavy atom. The van der Waals surface area contributed by atoms with Crippen LogP contribution in [0, 0.1) is 5.92 Å². The van der Waals surface area contributed by atoms with Crippen molar-refractivity contribution in [1.29, 1.82) is 0 Å². The molecule has 1 saturated carbocycles. The predicted molar refractivity (Wildman–Crippen MR) is 108 cm³/mol. The molecule has 172 valence electrons. The molecule has 8 nitrogen and oxygen atoms in total. The Morgan fingerprint density at radius 1 is 1.31 bits per heavy atom. The zero-order valence-corrected chi connectivity index (χ0v) is 17.3. The maximum Gasteiger partial charge on any atom is 0.391 e. The highest BCUT2D eigenvalue weighted by molar-refractivity contribution is 5.91. The number of pyridine rings is 1. The number of alkyl halides is 3. The maximum absolute atomic E-state index is 12.9. The fraction of sp³-hybridized carbons (Fsp3) is 0.524. The van der Waals surface area contributed by atoms with E-state index in [1.807, 2.05) is 0 Å². The van der Waals surface area contributed by atoms with E-state index in [9.17, 15) is 23.1 Å². The zero-order valence-electron chi connectivity index (χ0n) is 17.3. The van der Waals surface area contributed by atoms with Crippen LogP contribution in [0.3, 0.4) is 0 Å². The normalized spacial score (nSPS) is 26.4. The van der Waals surface area contributed by atoms with E-state index in [0.717, 1.165) is 0 Å². The minimum absolute atomic E-state index is 0.0609. The number of likely N-dealkylation sites (tertiary alicyclic amines) is 1. The van der Waals surface area contributed by atoms with E-state index in [1.54, 1.807) is 18.3 Å². The smallest absolute Gasteiger partial charge is 0.391 e. The third kappa shape index (κ3) is 3.96. The van der Waals surface area contributed by atoms with Gasteiger partial charge in [0.25, 0.3) is 5.89 Å². The van der Waals surface area contributed by atoms with Gasteiger partial charge in [-0.05, 0) is 44.2 Å². The summed E-state index contributed by atoms with van der Waals surface area (Å²) in [4.78, 5) is 18.3. The van der Waals surface area contributed by atoms with Crippen molar-refractivity contribution in [2.24, 2.45) is 5.92 Å². The maximum atomic E-state index is 12.9. The van der Waals surface area contributed by atoms with Gasteiger partial charge in [-0.15, -0.1) is 16.8 Å². The first-order valence-electron chi connectivity index (χ1n) is 10.4. The number of aliphatic hydroxyl groups is 1. The molecule has 0 bridgehead atoms. The number of halogens is 3. The number of carbonyl (C=O) groups is 1. The highest BCUT2D eigenvalue weighted by Gasteiger charge is 2.50. The highest BCUT2D eigenvalue weighted by Crippen LogP contribution is 2.40. The summed E-state index contributed by atoms with van der Waals surface area (Å²) in [6, 6.07) is 3.32. The van der Waals surface area contributed by atoms with E-state index in [1.165, 1.54) is 11.0 Å². The predicted octanol–water partition coefficient (Wildman–Crippen LogP) is 3.27. The fourth-order valence-electron chi connectivity index (χ4n) is 4.39. The molecule has 4 rings (SSSR count). The molecule has 32 heavy (non-hydrogen) atoms. The van der Waals surface area contributed by atoms with Gasteiger partial charge in [0, 0.05) is 18.8 Å². The Bertz CT molecular complexity index is 987. The molecule has 0 radical (unpaired) electrons. The molecule has 1 atom stereocenters. The Morgan fingerprint density at radius 3 is 2.69 bits per heavy atom. The Hall–Kier alpha value is -2.95. The van der Waals surface area contributed by atoms with Crippen LogP contribution in [0.1, 0.15) is 38.0 Å². The monoisotopic (exact) mass is 451 g/mol. The molecule has 1 amide bonds. The van der Waals surface area contributed by atoms with E-state index < -0.39 is 24.2 Å². The molecule has 2 fully saturated rings. The van der Waals surface area contributed by atoms with Gasteiger partial charge in [-0.2, -0.15) is 13.2 Å². The first-order chi connectivity index (χ1) is 15.3. The molecule has 1 aliphatic carbocycles. The molecule has 1 aliphatic heterocycles. The van der Waals surface area contributed by atoms with E-state index in [0.29, 0.717) is 37.2 Å². The van der Waals surface area contributed by atoms with Crippen molar-refractivity contribution >= 4 is 11.6 Å². The summed E-state index contributed by atoms with van der Waals surface area (Å²) in [7, 11) is 0. The number of hydrogen-bond donors (Lipinski definition) is 2. The van der Waals surface area contributed by atoms with Gasteiger partial charge in [-0.25, -0.2) is 4.98 Å². The van der Waals surface area contributed by atoms with E-state index >= 15 is 0 Å².